The zero-order valence-corrected chi connectivity index (χ0v) is 11.3. The Morgan fingerprint density at radius 3 is 2.82 bits per heavy atom. The van der Waals surface area contributed by atoms with Gasteiger partial charge >= 0.3 is 0 Å². The van der Waals surface area contributed by atoms with Crippen molar-refractivity contribution >= 4 is 17.3 Å². The number of rotatable bonds is 3. The molecule has 1 aromatic carbocycles. The van der Waals surface area contributed by atoms with Crippen molar-refractivity contribution in [2.75, 3.05) is 32.5 Å². The summed E-state index contributed by atoms with van der Waals surface area (Å²) >= 11 is 6.18. The topological polar surface area (TPSA) is 24.5 Å². The lowest BCUT2D eigenvalue weighted by Crippen LogP contribution is -2.21. The Morgan fingerprint density at radius 2 is 2.24 bits per heavy atom. The molecule has 0 amide bonds. The van der Waals surface area contributed by atoms with E-state index in [0.29, 0.717) is 0 Å². The van der Waals surface area contributed by atoms with E-state index in [1.54, 1.807) is 0 Å². The van der Waals surface area contributed by atoms with Crippen LogP contribution in [0.2, 0.25) is 5.02 Å². The number of ether oxygens (including phenoxy) is 1. The van der Waals surface area contributed by atoms with Crippen LogP contribution in [0.15, 0.2) is 12.1 Å². The van der Waals surface area contributed by atoms with E-state index in [0.717, 1.165) is 41.5 Å². The molecule has 1 fully saturated rings. The third-order valence-electron chi connectivity index (χ3n) is 3.23. The number of halogens is 1. The predicted octanol–water partition coefficient (Wildman–Crippen LogP) is 2.77. The molecule has 0 bridgehead atoms. The van der Waals surface area contributed by atoms with Crippen molar-refractivity contribution in [3.8, 4) is 5.75 Å². The number of nitrogens with zero attached hydrogens (tertiary/aromatic N) is 1. The molecule has 0 aliphatic carbocycles. The lowest BCUT2D eigenvalue weighted by molar-refractivity contribution is 0.207. The zero-order chi connectivity index (χ0) is 12.4. The van der Waals surface area contributed by atoms with E-state index in [9.17, 15) is 0 Å². The van der Waals surface area contributed by atoms with Crippen LogP contribution in [0.5, 0.6) is 5.75 Å². The van der Waals surface area contributed by atoms with Crippen molar-refractivity contribution in [3.63, 3.8) is 0 Å². The van der Waals surface area contributed by atoms with Gasteiger partial charge in [0, 0.05) is 42.5 Å². The van der Waals surface area contributed by atoms with Crippen LogP contribution in [0, 0.1) is 6.92 Å². The molecule has 0 aromatic heterocycles. The number of anilines is 1. The van der Waals surface area contributed by atoms with Crippen LogP contribution >= 0.6 is 11.6 Å². The van der Waals surface area contributed by atoms with Gasteiger partial charge in [0.2, 0.25) is 0 Å². The summed E-state index contributed by atoms with van der Waals surface area (Å²) in [6.45, 7) is 4.08. The second-order valence-electron chi connectivity index (χ2n) is 4.62. The molecule has 2 rings (SSSR count). The van der Waals surface area contributed by atoms with Gasteiger partial charge in [0.25, 0.3) is 0 Å². The first kappa shape index (κ1) is 12.5. The van der Waals surface area contributed by atoms with Gasteiger partial charge < -0.3 is 15.0 Å². The Hall–Kier alpha value is -0.930. The van der Waals surface area contributed by atoms with Gasteiger partial charge in [-0.15, -0.1) is 0 Å². The van der Waals surface area contributed by atoms with E-state index >= 15 is 0 Å². The normalized spacial score (nSPS) is 20.6. The maximum Gasteiger partial charge on any atom is 0.126 e. The fourth-order valence-corrected chi connectivity index (χ4v) is 2.30. The van der Waals surface area contributed by atoms with Crippen LogP contribution in [-0.4, -0.2) is 38.2 Å². The van der Waals surface area contributed by atoms with Crippen molar-refractivity contribution in [2.45, 2.75) is 19.4 Å². The minimum atomic E-state index is 0.280. The molecule has 17 heavy (non-hydrogen) atoms. The van der Waals surface area contributed by atoms with E-state index in [1.807, 2.05) is 26.1 Å². The molecule has 1 aromatic rings. The fourth-order valence-electron chi connectivity index (χ4n) is 2.09. The smallest absolute Gasteiger partial charge is 0.126 e. The molecule has 4 heteroatoms. The SMILES string of the molecule is CNc1cc(Cl)c(C)c(OC2CCN(C)C2)c1. The number of hydrogen-bond acceptors (Lipinski definition) is 3. The average molecular weight is 255 g/mol. The van der Waals surface area contributed by atoms with Gasteiger partial charge in [0.15, 0.2) is 0 Å². The van der Waals surface area contributed by atoms with Gasteiger partial charge in [0.05, 0.1) is 0 Å². The molecular weight excluding hydrogens is 236 g/mol. The zero-order valence-electron chi connectivity index (χ0n) is 10.6. The van der Waals surface area contributed by atoms with Crippen LogP contribution in [0.1, 0.15) is 12.0 Å². The number of likely N-dealkylation sites (N-methyl/N-ethyl adjacent to an activating group) is 1. The molecule has 0 spiro atoms. The highest BCUT2D eigenvalue weighted by Crippen LogP contribution is 2.31. The molecule has 3 nitrogen and oxygen atoms in total. The Morgan fingerprint density at radius 1 is 1.47 bits per heavy atom. The molecule has 1 aliphatic rings. The minimum Gasteiger partial charge on any atom is -0.489 e. The second kappa shape index (κ2) is 5.15. The Balaban J connectivity index is 2.17. The molecule has 1 N–H and O–H groups in total. The Kier molecular flexibility index (Phi) is 3.79. The van der Waals surface area contributed by atoms with E-state index in [4.69, 9.17) is 16.3 Å². The van der Waals surface area contributed by atoms with Gasteiger partial charge in [0.1, 0.15) is 11.9 Å². The van der Waals surface area contributed by atoms with Crippen molar-refractivity contribution < 1.29 is 4.74 Å². The summed E-state index contributed by atoms with van der Waals surface area (Å²) in [5.41, 5.74) is 2.00. The third kappa shape index (κ3) is 2.85. The third-order valence-corrected chi connectivity index (χ3v) is 3.62. The second-order valence-corrected chi connectivity index (χ2v) is 5.03. The number of hydrogen-bond donors (Lipinski definition) is 1. The number of likely N-dealkylation sites (tertiary alicyclic amines) is 1. The number of nitrogens with one attached hydrogen (secondary N) is 1. The first-order valence-corrected chi connectivity index (χ1v) is 6.31. The van der Waals surface area contributed by atoms with Crippen molar-refractivity contribution in [3.05, 3.63) is 22.7 Å². The molecule has 1 aliphatic heterocycles. The summed E-state index contributed by atoms with van der Waals surface area (Å²) in [4.78, 5) is 2.28. The maximum absolute atomic E-state index is 6.18. The van der Waals surface area contributed by atoms with Crippen LogP contribution in [-0.2, 0) is 0 Å². The maximum atomic E-state index is 6.18. The molecule has 0 saturated carbocycles. The summed E-state index contributed by atoms with van der Waals surface area (Å²) < 4.78 is 6.03. The highest BCUT2D eigenvalue weighted by atomic mass is 35.5. The van der Waals surface area contributed by atoms with Crippen molar-refractivity contribution in [2.24, 2.45) is 0 Å². The highest BCUT2D eigenvalue weighted by molar-refractivity contribution is 6.31. The van der Waals surface area contributed by atoms with Crippen LogP contribution in [0.25, 0.3) is 0 Å². The van der Waals surface area contributed by atoms with Crippen molar-refractivity contribution in [1.29, 1.82) is 0 Å². The molecule has 1 unspecified atom stereocenters. The lowest BCUT2D eigenvalue weighted by atomic mass is 10.2. The lowest BCUT2D eigenvalue weighted by Gasteiger charge is -2.17. The average Bonchev–Trinajstić information content (AvgIpc) is 2.70. The summed E-state index contributed by atoms with van der Waals surface area (Å²) in [5, 5.41) is 3.84. The first-order valence-electron chi connectivity index (χ1n) is 5.93. The van der Waals surface area contributed by atoms with Gasteiger partial charge in [-0.25, -0.2) is 0 Å². The van der Waals surface area contributed by atoms with Crippen LogP contribution in [0.4, 0.5) is 5.69 Å². The molecule has 0 radical (unpaired) electrons. The Bertz CT molecular complexity index is 409. The molecule has 1 atom stereocenters. The summed E-state index contributed by atoms with van der Waals surface area (Å²) in [6, 6.07) is 3.93. The minimum absolute atomic E-state index is 0.280. The Labute approximate surface area is 108 Å². The van der Waals surface area contributed by atoms with Gasteiger partial charge in [-0.2, -0.15) is 0 Å². The van der Waals surface area contributed by atoms with Gasteiger partial charge in [-0.1, -0.05) is 11.6 Å². The van der Waals surface area contributed by atoms with Crippen LogP contribution in [0.3, 0.4) is 0 Å². The molecular formula is C13H19ClN2O. The predicted molar refractivity (Wildman–Crippen MR) is 72.3 cm³/mol. The van der Waals surface area contributed by atoms with Gasteiger partial charge in [-0.05, 0) is 26.5 Å². The van der Waals surface area contributed by atoms with E-state index in [2.05, 4.69) is 17.3 Å². The monoisotopic (exact) mass is 254 g/mol. The van der Waals surface area contributed by atoms with E-state index in [1.165, 1.54) is 0 Å². The first-order chi connectivity index (χ1) is 8.10. The summed E-state index contributed by atoms with van der Waals surface area (Å²) in [5.74, 6) is 0.891. The highest BCUT2D eigenvalue weighted by Gasteiger charge is 2.22. The summed E-state index contributed by atoms with van der Waals surface area (Å²) in [6.07, 6.45) is 1.36. The molecule has 1 heterocycles. The largest absolute Gasteiger partial charge is 0.489 e. The standard InChI is InChI=1S/C13H19ClN2O/c1-9-12(14)6-10(15-2)7-13(9)17-11-4-5-16(3)8-11/h6-7,11,15H,4-5,8H2,1-3H3. The van der Waals surface area contributed by atoms with Crippen molar-refractivity contribution in [1.82, 2.24) is 4.90 Å². The van der Waals surface area contributed by atoms with Crippen LogP contribution < -0.4 is 10.1 Å². The fraction of sp³-hybridized carbons (Fsp3) is 0.538. The van der Waals surface area contributed by atoms with E-state index < -0.39 is 0 Å². The molecule has 1 saturated heterocycles. The molecule has 94 valence electrons. The number of benzene rings is 1. The van der Waals surface area contributed by atoms with Gasteiger partial charge in [-0.3, -0.25) is 0 Å². The van der Waals surface area contributed by atoms with E-state index in [-0.39, 0.29) is 6.10 Å². The quantitative estimate of drug-likeness (QED) is 0.898. The summed E-state index contributed by atoms with van der Waals surface area (Å²) in [7, 11) is 4.00.